The lowest BCUT2D eigenvalue weighted by molar-refractivity contribution is -0.133. The Morgan fingerprint density at radius 1 is 1.00 bits per heavy atom. The van der Waals surface area contributed by atoms with E-state index in [9.17, 15) is 18.0 Å². The van der Waals surface area contributed by atoms with E-state index < -0.39 is 10.0 Å². The topological polar surface area (TPSA) is 95.6 Å². The number of nitrogens with one attached hydrogen (secondary N) is 2. The van der Waals surface area contributed by atoms with Gasteiger partial charge < -0.3 is 10.2 Å². The Hall–Kier alpha value is -2.71. The summed E-state index contributed by atoms with van der Waals surface area (Å²) in [5.74, 6) is -0.649. The lowest BCUT2D eigenvalue weighted by Gasteiger charge is -2.17. The number of hydrogen-bond acceptors (Lipinski definition) is 4. The predicted octanol–water partition coefficient (Wildman–Crippen LogP) is 2.07. The van der Waals surface area contributed by atoms with E-state index in [0.29, 0.717) is 5.69 Å². The average Bonchev–Trinajstić information content (AvgIpc) is 2.64. The maximum atomic E-state index is 12.3. The molecule has 0 unspecified atom stereocenters. The predicted molar refractivity (Wildman–Crippen MR) is 108 cm³/mol. The number of anilines is 1. The van der Waals surface area contributed by atoms with Crippen LogP contribution in [0.2, 0.25) is 0 Å². The summed E-state index contributed by atoms with van der Waals surface area (Å²) in [6.45, 7) is 3.59. The minimum atomic E-state index is -3.68. The summed E-state index contributed by atoms with van der Waals surface area (Å²) in [7, 11) is -2.18. The fraction of sp³-hybridized carbons (Fsp3) is 0.300. The number of rotatable bonds is 8. The number of sulfonamides is 1. The van der Waals surface area contributed by atoms with Crippen molar-refractivity contribution >= 4 is 27.5 Å². The minimum absolute atomic E-state index is 0.0425. The monoisotopic (exact) mass is 403 g/mol. The van der Waals surface area contributed by atoms with Crippen molar-refractivity contribution in [2.75, 3.05) is 25.5 Å². The van der Waals surface area contributed by atoms with Crippen LogP contribution < -0.4 is 10.0 Å². The molecule has 0 radical (unpaired) electrons. The summed E-state index contributed by atoms with van der Waals surface area (Å²) in [4.78, 5) is 25.6. The Bertz CT molecular complexity index is 943. The molecule has 7 nitrogen and oxygen atoms in total. The molecular weight excluding hydrogens is 378 g/mol. The largest absolute Gasteiger partial charge is 0.336 e. The molecule has 8 heteroatoms. The molecule has 28 heavy (non-hydrogen) atoms. The van der Waals surface area contributed by atoms with Gasteiger partial charge in [0.15, 0.2) is 0 Å². The molecule has 0 saturated carbocycles. The summed E-state index contributed by atoms with van der Waals surface area (Å²) in [6.07, 6.45) is -0.0425. The zero-order valence-corrected chi connectivity index (χ0v) is 17.0. The smallest absolute Gasteiger partial charge is 0.243 e. The van der Waals surface area contributed by atoms with Gasteiger partial charge in [-0.15, -0.1) is 0 Å². The third-order valence-electron chi connectivity index (χ3n) is 4.28. The van der Waals surface area contributed by atoms with Crippen molar-refractivity contribution in [2.45, 2.75) is 25.2 Å². The second-order valence-corrected chi connectivity index (χ2v) is 8.32. The quantitative estimate of drug-likeness (QED) is 0.705. The summed E-state index contributed by atoms with van der Waals surface area (Å²) >= 11 is 0. The van der Waals surface area contributed by atoms with Crippen molar-refractivity contribution in [3.63, 3.8) is 0 Å². The lowest BCUT2D eigenvalue weighted by Crippen LogP contribution is -2.37. The molecule has 2 rings (SSSR count). The highest BCUT2D eigenvalue weighted by molar-refractivity contribution is 7.89. The van der Waals surface area contributed by atoms with Gasteiger partial charge in [0.1, 0.15) is 0 Å². The fourth-order valence-electron chi connectivity index (χ4n) is 2.47. The molecule has 2 aromatic carbocycles. The second-order valence-electron chi connectivity index (χ2n) is 6.56. The number of carbonyl (C=O) groups excluding carboxylic acids is 2. The van der Waals surface area contributed by atoms with Crippen LogP contribution in [-0.2, 0) is 19.6 Å². The van der Waals surface area contributed by atoms with Gasteiger partial charge >= 0.3 is 0 Å². The first-order valence-electron chi connectivity index (χ1n) is 8.85. The number of para-hydroxylation sites is 1. The number of aryl methyl sites for hydroxylation is 2. The van der Waals surface area contributed by atoms with Crippen molar-refractivity contribution in [3.05, 3.63) is 59.7 Å². The fourth-order valence-corrected chi connectivity index (χ4v) is 3.59. The summed E-state index contributed by atoms with van der Waals surface area (Å²) in [6, 6.07) is 13.8. The van der Waals surface area contributed by atoms with Crippen LogP contribution >= 0.6 is 0 Å². The molecule has 0 aromatic heterocycles. The molecule has 0 bridgehead atoms. The molecule has 0 heterocycles. The second kappa shape index (κ2) is 9.48. The molecule has 2 aromatic rings. The highest BCUT2D eigenvalue weighted by Crippen LogP contribution is 2.14. The molecule has 2 amide bonds. The van der Waals surface area contributed by atoms with Crippen LogP contribution in [0, 0.1) is 13.8 Å². The van der Waals surface area contributed by atoms with E-state index >= 15 is 0 Å². The zero-order valence-electron chi connectivity index (χ0n) is 16.2. The van der Waals surface area contributed by atoms with Gasteiger partial charge in [0.25, 0.3) is 0 Å². The van der Waals surface area contributed by atoms with Gasteiger partial charge in [-0.3, -0.25) is 9.59 Å². The van der Waals surface area contributed by atoms with E-state index in [1.165, 1.54) is 18.0 Å². The van der Waals surface area contributed by atoms with Gasteiger partial charge in [0, 0.05) is 25.7 Å². The Morgan fingerprint density at radius 3 is 2.32 bits per heavy atom. The Morgan fingerprint density at radius 2 is 1.68 bits per heavy atom. The van der Waals surface area contributed by atoms with E-state index in [2.05, 4.69) is 10.0 Å². The number of benzene rings is 2. The number of carbonyl (C=O) groups is 2. The van der Waals surface area contributed by atoms with Crippen LogP contribution in [0.25, 0.3) is 0 Å². The van der Waals surface area contributed by atoms with Gasteiger partial charge in [-0.25, -0.2) is 13.1 Å². The molecule has 0 saturated heterocycles. The highest BCUT2D eigenvalue weighted by atomic mass is 32.2. The van der Waals surface area contributed by atoms with Crippen molar-refractivity contribution in [1.82, 2.24) is 9.62 Å². The van der Waals surface area contributed by atoms with Crippen LogP contribution in [0.3, 0.4) is 0 Å². The van der Waals surface area contributed by atoms with Crippen LogP contribution in [0.4, 0.5) is 5.69 Å². The summed E-state index contributed by atoms with van der Waals surface area (Å²) < 4.78 is 27.1. The van der Waals surface area contributed by atoms with E-state index in [1.807, 2.05) is 19.9 Å². The maximum Gasteiger partial charge on any atom is 0.243 e. The molecule has 0 fully saturated rings. The Kier molecular flexibility index (Phi) is 7.31. The molecule has 0 spiro atoms. The van der Waals surface area contributed by atoms with Crippen molar-refractivity contribution in [3.8, 4) is 0 Å². The highest BCUT2D eigenvalue weighted by Gasteiger charge is 2.17. The first kappa shape index (κ1) is 21.6. The number of nitrogens with zero attached hydrogens (tertiary/aromatic N) is 1. The van der Waals surface area contributed by atoms with Gasteiger partial charge in [-0.2, -0.15) is 0 Å². The third kappa shape index (κ3) is 6.17. The number of amides is 2. The average molecular weight is 404 g/mol. The molecule has 0 aliphatic rings. The van der Waals surface area contributed by atoms with E-state index in [-0.39, 0.29) is 36.2 Å². The molecule has 150 valence electrons. The normalized spacial score (nSPS) is 11.1. The SMILES string of the molecule is Cc1ccc(S(=O)(=O)NCCC(=O)N(C)CC(=O)Nc2ccccc2)cc1C. The summed E-state index contributed by atoms with van der Waals surface area (Å²) in [5.41, 5.74) is 2.53. The molecular formula is C20H25N3O4S. The van der Waals surface area contributed by atoms with Gasteiger partial charge in [-0.05, 0) is 49.2 Å². The van der Waals surface area contributed by atoms with Crippen molar-refractivity contribution in [2.24, 2.45) is 0 Å². The molecule has 0 aliphatic heterocycles. The van der Waals surface area contributed by atoms with Crippen LogP contribution in [0.1, 0.15) is 17.5 Å². The molecule has 0 aliphatic carbocycles. The number of hydrogen-bond donors (Lipinski definition) is 2. The first-order valence-corrected chi connectivity index (χ1v) is 10.3. The van der Waals surface area contributed by atoms with Gasteiger partial charge in [0.2, 0.25) is 21.8 Å². The zero-order chi connectivity index (χ0) is 20.7. The van der Waals surface area contributed by atoms with Crippen LogP contribution in [0.5, 0.6) is 0 Å². The Balaban J connectivity index is 1.82. The van der Waals surface area contributed by atoms with Gasteiger partial charge in [-0.1, -0.05) is 24.3 Å². The minimum Gasteiger partial charge on any atom is -0.336 e. The molecule has 0 atom stereocenters. The standard InChI is InChI=1S/C20H25N3O4S/c1-15-9-10-18(13-16(15)2)28(26,27)21-12-11-20(25)23(3)14-19(24)22-17-7-5-4-6-8-17/h4-10,13,21H,11-12,14H2,1-3H3,(H,22,24). The molecule has 2 N–H and O–H groups in total. The van der Waals surface area contributed by atoms with Crippen LogP contribution in [-0.4, -0.2) is 45.3 Å². The number of likely N-dealkylation sites (N-methyl/N-ethyl adjacent to an activating group) is 1. The van der Waals surface area contributed by atoms with E-state index in [4.69, 9.17) is 0 Å². The van der Waals surface area contributed by atoms with Crippen LogP contribution in [0.15, 0.2) is 53.4 Å². The first-order chi connectivity index (χ1) is 13.2. The van der Waals surface area contributed by atoms with Gasteiger partial charge in [0.05, 0.1) is 11.4 Å². The Labute approximate surface area is 165 Å². The van der Waals surface area contributed by atoms with Crippen molar-refractivity contribution in [1.29, 1.82) is 0 Å². The van der Waals surface area contributed by atoms with E-state index in [1.54, 1.807) is 36.4 Å². The third-order valence-corrected chi connectivity index (χ3v) is 5.74. The summed E-state index contributed by atoms with van der Waals surface area (Å²) in [5, 5.41) is 2.70. The van der Waals surface area contributed by atoms with Crippen molar-refractivity contribution < 1.29 is 18.0 Å². The maximum absolute atomic E-state index is 12.3. The lowest BCUT2D eigenvalue weighted by atomic mass is 10.1. The van der Waals surface area contributed by atoms with E-state index in [0.717, 1.165) is 11.1 Å².